The van der Waals surface area contributed by atoms with Gasteiger partial charge in [0.25, 0.3) is 0 Å². The van der Waals surface area contributed by atoms with Gasteiger partial charge in [0, 0.05) is 5.56 Å². The van der Waals surface area contributed by atoms with E-state index in [4.69, 9.17) is 9.47 Å². The van der Waals surface area contributed by atoms with E-state index in [2.05, 4.69) is 27.7 Å². The Hall–Kier alpha value is -4.60. The van der Waals surface area contributed by atoms with Crippen LogP contribution in [0.3, 0.4) is 0 Å². The molecule has 0 bridgehead atoms. The Morgan fingerprint density at radius 2 is 1.22 bits per heavy atom. The van der Waals surface area contributed by atoms with Crippen LogP contribution in [0, 0.1) is 17.8 Å². The number of hydrogen-bond donors (Lipinski definition) is 6. The van der Waals surface area contributed by atoms with Gasteiger partial charge in [-0.25, -0.2) is 9.59 Å². The number of hydrogen-bond acceptors (Lipinski definition) is 10. The van der Waals surface area contributed by atoms with E-state index < -0.39 is 46.4 Å². The van der Waals surface area contributed by atoms with Crippen molar-refractivity contribution in [3.8, 4) is 46.0 Å². The number of phenolic OH excluding ortho intramolecular Hbond substituents is 6. The van der Waals surface area contributed by atoms with Crippen LogP contribution in [0.4, 0.5) is 0 Å². The molecule has 45 heavy (non-hydrogen) atoms. The highest BCUT2D eigenvalue weighted by atomic mass is 16.5. The highest BCUT2D eigenvalue weighted by Gasteiger charge is 2.37. The Labute approximate surface area is 262 Å². The van der Waals surface area contributed by atoms with Crippen LogP contribution >= 0.6 is 0 Å². The first-order valence-corrected chi connectivity index (χ1v) is 15.4. The molecule has 3 aromatic carbocycles. The van der Waals surface area contributed by atoms with Crippen LogP contribution in [-0.4, -0.2) is 42.6 Å². The van der Waals surface area contributed by atoms with Crippen LogP contribution in [-0.2, 0) is 6.42 Å². The van der Waals surface area contributed by atoms with Crippen LogP contribution in [0.15, 0.2) is 36.4 Å². The first-order valence-electron chi connectivity index (χ1n) is 15.4. The van der Waals surface area contributed by atoms with Gasteiger partial charge in [-0.1, -0.05) is 47.0 Å². The predicted octanol–water partition coefficient (Wildman–Crippen LogP) is 7.27. The minimum absolute atomic E-state index is 0.158. The summed E-state index contributed by atoms with van der Waals surface area (Å²) in [7, 11) is 0. The van der Waals surface area contributed by atoms with Crippen molar-refractivity contribution in [2.45, 2.75) is 78.6 Å². The number of unbranched alkanes of at least 4 members (excludes halogenated alkanes) is 2. The second-order valence-electron chi connectivity index (χ2n) is 12.4. The Morgan fingerprint density at radius 3 is 1.64 bits per heavy atom. The number of aromatic hydroxyl groups is 6. The zero-order valence-electron chi connectivity index (χ0n) is 26.0. The molecule has 0 aromatic heterocycles. The lowest BCUT2D eigenvalue weighted by Crippen LogP contribution is -2.27. The van der Waals surface area contributed by atoms with Crippen molar-refractivity contribution in [3.05, 3.63) is 58.7 Å². The monoisotopic (exact) mass is 622 g/mol. The fraction of sp³-hybridized carbons (Fsp3) is 0.429. The van der Waals surface area contributed by atoms with E-state index in [1.807, 2.05) is 0 Å². The lowest BCUT2D eigenvalue weighted by molar-refractivity contribution is 0.0721. The summed E-state index contributed by atoms with van der Waals surface area (Å²) in [5.74, 6) is -5.17. The lowest BCUT2D eigenvalue weighted by atomic mass is 9.67. The molecule has 1 aliphatic carbocycles. The fourth-order valence-corrected chi connectivity index (χ4v) is 6.21. The largest absolute Gasteiger partial charge is 0.504 e. The number of ether oxygens (including phenoxy) is 2. The van der Waals surface area contributed by atoms with Gasteiger partial charge in [0.05, 0.1) is 11.1 Å². The van der Waals surface area contributed by atoms with Gasteiger partial charge in [0.1, 0.15) is 11.5 Å². The highest BCUT2D eigenvalue weighted by Crippen LogP contribution is 2.51. The van der Waals surface area contributed by atoms with E-state index in [-0.39, 0.29) is 40.4 Å². The van der Waals surface area contributed by atoms with E-state index in [0.717, 1.165) is 68.4 Å². The van der Waals surface area contributed by atoms with E-state index in [1.165, 1.54) is 0 Å². The molecule has 0 spiro atoms. The third-order valence-electron chi connectivity index (χ3n) is 8.64. The topological polar surface area (TPSA) is 174 Å². The first kappa shape index (κ1) is 33.3. The molecule has 3 aromatic rings. The highest BCUT2D eigenvalue weighted by molar-refractivity contribution is 5.94. The molecule has 0 saturated heterocycles. The molecule has 4 rings (SSSR count). The second kappa shape index (κ2) is 14.0. The van der Waals surface area contributed by atoms with Crippen molar-refractivity contribution in [1.82, 2.24) is 0 Å². The maximum absolute atomic E-state index is 13.5. The zero-order valence-corrected chi connectivity index (χ0v) is 26.0. The third-order valence-corrected chi connectivity index (χ3v) is 8.64. The maximum atomic E-state index is 13.5. The van der Waals surface area contributed by atoms with Gasteiger partial charge >= 0.3 is 11.9 Å². The quantitative estimate of drug-likeness (QED) is 0.0584. The number of rotatable bonds is 10. The molecule has 0 heterocycles. The molecular weight excluding hydrogens is 580 g/mol. The number of carbonyl (C=O) groups is 2. The molecule has 10 heteroatoms. The summed E-state index contributed by atoms with van der Waals surface area (Å²) in [4.78, 5) is 26.9. The van der Waals surface area contributed by atoms with Gasteiger partial charge in [-0.05, 0) is 91.3 Å². The SMILES string of the molecule is CCCCCc1cc(OC(=O)c2cc(O)c(O)c(O)c2)c([C@@H]2C[C@@H](C)CC[C@H]2C(C)C)c(OC(=O)c2cc(O)c(O)c(O)c2)c1. The Kier molecular flexibility index (Phi) is 10.4. The van der Waals surface area contributed by atoms with Crippen LogP contribution in [0.25, 0.3) is 0 Å². The van der Waals surface area contributed by atoms with Gasteiger partial charge in [-0.2, -0.15) is 0 Å². The molecule has 1 saturated carbocycles. The number of esters is 2. The normalized spacial score (nSPS) is 18.1. The third kappa shape index (κ3) is 7.56. The van der Waals surface area contributed by atoms with Crippen molar-refractivity contribution >= 4 is 11.9 Å². The summed E-state index contributed by atoms with van der Waals surface area (Å²) < 4.78 is 12.0. The minimum atomic E-state index is -0.900. The Bertz CT molecular complexity index is 1420. The average molecular weight is 623 g/mol. The molecular formula is C35H42O10. The zero-order chi connectivity index (χ0) is 33.0. The van der Waals surface area contributed by atoms with E-state index in [9.17, 15) is 40.2 Å². The predicted molar refractivity (Wildman–Crippen MR) is 167 cm³/mol. The van der Waals surface area contributed by atoms with E-state index in [0.29, 0.717) is 17.9 Å². The van der Waals surface area contributed by atoms with Crippen LogP contribution < -0.4 is 9.47 Å². The number of carbonyl (C=O) groups excluding carboxylic acids is 2. The summed E-state index contributed by atoms with van der Waals surface area (Å²) in [6.45, 7) is 8.46. The number of benzene rings is 3. The molecule has 10 nitrogen and oxygen atoms in total. The Morgan fingerprint density at radius 1 is 0.756 bits per heavy atom. The molecule has 3 atom stereocenters. The van der Waals surface area contributed by atoms with Crippen molar-refractivity contribution in [2.75, 3.05) is 0 Å². The standard InChI is InChI=1S/C35H42O10/c1-5-6-7-8-20-12-29(44-34(42)21-14-25(36)32(40)26(37)15-21)31(24-11-19(4)9-10-23(24)18(2)3)30(13-20)45-35(43)22-16-27(38)33(41)28(39)17-22/h12-19,23-24,36-41H,5-11H2,1-4H3/t19-,23-,24+/m0/s1. The Balaban J connectivity index is 1.88. The molecule has 242 valence electrons. The van der Waals surface area contributed by atoms with Gasteiger partial charge < -0.3 is 40.1 Å². The molecule has 0 radical (unpaired) electrons. The molecule has 6 N–H and O–H groups in total. The minimum Gasteiger partial charge on any atom is -0.504 e. The summed E-state index contributed by atoms with van der Waals surface area (Å²) in [5.41, 5.74) is 0.864. The summed E-state index contributed by atoms with van der Waals surface area (Å²) >= 11 is 0. The van der Waals surface area contributed by atoms with Crippen molar-refractivity contribution in [1.29, 1.82) is 0 Å². The summed E-state index contributed by atoms with van der Waals surface area (Å²) in [5, 5.41) is 59.7. The first-order chi connectivity index (χ1) is 21.3. The average Bonchev–Trinajstić information content (AvgIpc) is 2.98. The second-order valence-corrected chi connectivity index (χ2v) is 12.4. The van der Waals surface area contributed by atoms with Gasteiger partial charge in [0.2, 0.25) is 0 Å². The summed E-state index contributed by atoms with van der Waals surface area (Å²) in [6.07, 6.45) is 5.98. The molecule has 0 unspecified atom stereocenters. The van der Waals surface area contributed by atoms with Gasteiger partial charge in [-0.15, -0.1) is 0 Å². The van der Waals surface area contributed by atoms with Crippen molar-refractivity contribution in [3.63, 3.8) is 0 Å². The van der Waals surface area contributed by atoms with Crippen LogP contribution in [0.5, 0.6) is 46.0 Å². The lowest BCUT2D eigenvalue weighted by Gasteiger charge is -2.39. The number of aryl methyl sites for hydroxylation is 1. The van der Waals surface area contributed by atoms with E-state index >= 15 is 0 Å². The summed E-state index contributed by atoms with van der Waals surface area (Å²) in [6, 6.07) is 7.49. The van der Waals surface area contributed by atoms with Gasteiger partial charge in [-0.3, -0.25) is 0 Å². The molecule has 1 aliphatic rings. The molecule has 1 fully saturated rings. The maximum Gasteiger partial charge on any atom is 0.343 e. The number of phenols is 6. The fourth-order valence-electron chi connectivity index (χ4n) is 6.21. The molecule has 0 amide bonds. The van der Waals surface area contributed by atoms with Crippen molar-refractivity contribution < 1.29 is 49.7 Å². The smallest absolute Gasteiger partial charge is 0.343 e. The van der Waals surface area contributed by atoms with Crippen LogP contribution in [0.2, 0.25) is 0 Å². The van der Waals surface area contributed by atoms with E-state index in [1.54, 1.807) is 12.1 Å². The molecule has 0 aliphatic heterocycles. The van der Waals surface area contributed by atoms with Crippen LogP contribution in [0.1, 0.15) is 104 Å². The van der Waals surface area contributed by atoms with Gasteiger partial charge in [0.15, 0.2) is 34.5 Å². The van der Waals surface area contributed by atoms with Crippen molar-refractivity contribution in [2.24, 2.45) is 17.8 Å².